The Morgan fingerprint density at radius 2 is 2.17 bits per heavy atom. The minimum absolute atomic E-state index is 0.0130. The Morgan fingerprint density at radius 3 is 2.67 bits per heavy atom. The molecule has 1 radical (unpaired) electrons. The fourth-order valence-corrected chi connectivity index (χ4v) is 0.903. The highest BCUT2D eigenvalue weighted by Crippen LogP contribution is 2.24. The fraction of sp³-hybridized carbons (Fsp3) is 0. The van der Waals surface area contributed by atoms with Crippen LogP contribution in [0.4, 0.5) is 5.69 Å². The molecular formula is C7H3ClNO3. The number of hydrogen-bond donors (Lipinski definition) is 0. The average molecular weight is 185 g/mol. The second kappa shape index (κ2) is 3.32. The van der Waals surface area contributed by atoms with Crippen molar-refractivity contribution in [2.24, 2.45) is 0 Å². The summed E-state index contributed by atoms with van der Waals surface area (Å²) in [5, 5.41) is 10.3. The second-order valence-electron chi connectivity index (χ2n) is 2.03. The summed E-state index contributed by atoms with van der Waals surface area (Å²) < 4.78 is 0. The lowest BCUT2D eigenvalue weighted by Crippen LogP contribution is -1.90. The summed E-state index contributed by atoms with van der Waals surface area (Å²) in [5.41, 5.74) is -0.163. The molecule has 0 aliphatic heterocycles. The van der Waals surface area contributed by atoms with Crippen molar-refractivity contribution in [1.82, 2.24) is 0 Å². The van der Waals surface area contributed by atoms with Crippen molar-refractivity contribution in [1.29, 1.82) is 0 Å². The van der Waals surface area contributed by atoms with Crippen LogP contribution in [0.2, 0.25) is 5.02 Å². The van der Waals surface area contributed by atoms with E-state index in [0.717, 1.165) is 6.07 Å². The van der Waals surface area contributed by atoms with Gasteiger partial charge in [-0.3, -0.25) is 14.9 Å². The van der Waals surface area contributed by atoms with Crippen LogP contribution in [0.25, 0.3) is 0 Å². The van der Waals surface area contributed by atoms with E-state index < -0.39 is 4.92 Å². The summed E-state index contributed by atoms with van der Waals surface area (Å²) in [5.74, 6) is 0. The van der Waals surface area contributed by atoms with Crippen molar-refractivity contribution in [3.63, 3.8) is 0 Å². The first-order valence-electron chi connectivity index (χ1n) is 2.97. The zero-order chi connectivity index (χ0) is 9.14. The number of halogens is 1. The standard InChI is InChI=1S/C7H3ClNO3/c8-6-2-1-5(4-10)3-7(6)9(11)12/h1-3H. The molecule has 0 spiro atoms. The van der Waals surface area contributed by atoms with E-state index in [0.29, 0.717) is 0 Å². The van der Waals surface area contributed by atoms with Gasteiger partial charge >= 0.3 is 0 Å². The Morgan fingerprint density at radius 1 is 1.50 bits per heavy atom. The first-order chi connectivity index (χ1) is 5.65. The van der Waals surface area contributed by atoms with Crippen molar-refractivity contribution in [3.8, 4) is 0 Å². The van der Waals surface area contributed by atoms with Crippen molar-refractivity contribution in [2.75, 3.05) is 0 Å². The summed E-state index contributed by atoms with van der Waals surface area (Å²) in [4.78, 5) is 19.7. The van der Waals surface area contributed by atoms with Gasteiger partial charge < -0.3 is 0 Å². The van der Waals surface area contributed by atoms with Crippen LogP contribution in [0.5, 0.6) is 0 Å². The molecular weight excluding hydrogens is 182 g/mol. The molecule has 0 aliphatic rings. The minimum Gasteiger partial charge on any atom is -0.285 e. The van der Waals surface area contributed by atoms with Crippen molar-refractivity contribution < 1.29 is 9.72 Å². The van der Waals surface area contributed by atoms with Crippen molar-refractivity contribution in [2.45, 2.75) is 0 Å². The van der Waals surface area contributed by atoms with Gasteiger partial charge in [0.05, 0.1) is 4.92 Å². The molecule has 12 heavy (non-hydrogen) atoms. The van der Waals surface area contributed by atoms with Crippen LogP contribution in [-0.4, -0.2) is 11.2 Å². The predicted octanol–water partition coefficient (Wildman–Crippen LogP) is 1.71. The van der Waals surface area contributed by atoms with Gasteiger partial charge in [-0.15, -0.1) is 0 Å². The van der Waals surface area contributed by atoms with Crippen LogP contribution < -0.4 is 0 Å². The number of rotatable bonds is 2. The predicted molar refractivity (Wildman–Crippen MR) is 42.9 cm³/mol. The number of nitro groups is 1. The highest BCUT2D eigenvalue weighted by Gasteiger charge is 2.12. The van der Waals surface area contributed by atoms with Gasteiger partial charge in [-0.1, -0.05) is 11.6 Å². The van der Waals surface area contributed by atoms with Crippen LogP contribution in [0.15, 0.2) is 18.2 Å². The maximum absolute atomic E-state index is 10.3. The summed E-state index contributed by atoms with van der Waals surface area (Å²) >= 11 is 5.48. The molecule has 0 unspecified atom stereocenters. The van der Waals surface area contributed by atoms with Crippen molar-refractivity contribution >= 4 is 23.6 Å². The molecule has 5 heteroatoms. The van der Waals surface area contributed by atoms with Gasteiger partial charge in [0.15, 0.2) is 0 Å². The average Bonchev–Trinajstić information content (AvgIpc) is 2.05. The Bertz CT molecular complexity index is 337. The number of hydrogen-bond acceptors (Lipinski definition) is 3. The number of nitrogens with zero attached hydrogens (tertiary/aromatic N) is 1. The Balaban J connectivity index is 3.25. The molecule has 0 aliphatic carbocycles. The van der Waals surface area contributed by atoms with Gasteiger partial charge in [0.1, 0.15) is 5.02 Å². The first kappa shape index (κ1) is 8.67. The van der Waals surface area contributed by atoms with Gasteiger partial charge in [0.2, 0.25) is 6.29 Å². The van der Waals surface area contributed by atoms with Crippen LogP contribution >= 0.6 is 11.6 Å². The number of benzene rings is 1. The van der Waals surface area contributed by atoms with Crippen LogP contribution in [0, 0.1) is 10.1 Å². The molecule has 1 aromatic carbocycles. The molecule has 1 rings (SSSR count). The van der Waals surface area contributed by atoms with Crippen LogP contribution in [-0.2, 0) is 4.79 Å². The molecule has 61 valence electrons. The first-order valence-corrected chi connectivity index (χ1v) is 3.35. The molecule has 0 saturated carbocycles. The van der Waals surface area contributed by atoms with Crippen LogP contribution in [0.1, 0.15) is 5.56 Å². The lowest BCUT2D eigenvalue weighted by Gasteiger charge is -1.93. The molecule has 4 nitrogen and oxygen atoms in total. The van der Waals surface area contributed by atoms with E-state index in [1.165, 1.54) is 18.4 Å². The normalized spacial score (nSPS) is 9.42. The highest BCUT2D eigenvalue weighted by atomic mass is 35.5. The number of nitro benzene ring substituents is 1. The maximum atomic E-state index is 10.3. The third-order valence-corrected chi connectivity index (χ3v) is 1.58. The van der Waals surface area contributed by atoms with E-state index in [1.54, 1.807) is 0 Å². The molecule has 0 amide bonds. The van der Waals surface area contributed by atoms with E-state index in [2.05, 4.69) is 0 Å². The Kier molecular flexibility index (Phi) is 2.40. The molecule has 0 aromatic heterocycles. The summed E-state index contributed by atoms with van der Waals surface area (Å²) in [6, 6.07) is 3.73. The summed E-state index contributed by atoms with van der Waals surface area (Å²) in [6.45, 7) is 0. The minimum atomic E-state index is -0.650. The SMILES string of the molecule is O=[C]c1ccc(Cl)c([N+](=O)[O-])c1. The lowest BCUT2D eigenvalue weighted by molar-refractivity contribution is -0.384. The molecule has 0 heterocycles. The smallest absolute Gasteiger partial charge is 0.285 e. The quantitative estimate of drug-likeness (QED) is 0.519. The summed E-state index contributed by atoms with van der Waals surface area (Å²) in [6.07, 6.45) is 1.54. The number of carbonyl (C=O) groups excluding carboxylic acids is 1. The van der Waals surface area contributed by atoms with Crippen LogP contribution in [0.3, 0.4) is 0 Å². The third-order valence-electron chi connectivity index (χ3n) is 1.26. The van der Waals surface area contributed by atoms with Gasteiger partial charge in [-0.2, -0.15) is 0 Å². The highest BCUT2D eigenvalue weighted by molar-refractivity contribution is 6.32. The summed E-state index contributed by atoms with van der Waals surface area (Å²) in [7, 11) is 0. The molecule has 1 aromatic rings. The Hall–Kier alpha value is -1.42. The van der Waals surface area contributed by atoms with Gasteiger partial charge in [0, 0.05) is 11.6 Å². The van der Waals surface area contributed by atoms with Crippen molar-refractivity contribution in [3.05, 3.63) is 38.9 Å². The zero-order valence-corrected chi connectivity index (χ0v) is 6.54. The molecule has 0 saturated heterocycles. The monoisotopic (exact) mass is 184 g/mol. The van der Waals surface area contributed by atoms with E-state index in [4.69, 9.17) is 11.6 Å². The topological polar surface area (TPSA) is 60.2 Å². The van der Waals surface area contributed by atoms with Gasteiger partial charge in [-0.25, -0.2) is 0 Å². The maximum Gasteiger partial charge on any atom is 0.288 e. The van der Waals surface area contributed by atoms with Gasteiger partial charge in [0.25, 0.3) is 5.69 Å². The van der Waals surface area contributed by atoms with E-state index in [1.807, 2.05) is 0 Å². The van der Waals surface area contributed by atoms with E-state index in [-0.39, 0.29) is 16.3 Å². The molecule has 0 N–H and O–H groups in total. The second-order valence-corrected chi connectivity index (χ2v) is 2.43. The van der Waals surface area contributed by atoms with Gasteiger partial charge in [-0.05, 0) is 12.1 Å². The fourth-order valence-electron chi connectivity index (χ4n) is 0.716. The molecule has 0 bridgehead atoms. The molecule has 0 fully saturated rings. The van der Waals surface area contributed by atoms with E-state index in [9.17, 15) is 14.9 Å². The lowest BCUT2D eigenvalue weighted by atomic mass is 10.2. The largest absolute Gasteiger partial charge is 0.288 e. The van der Waals surface area contributed by atoms with E-state index >= 15 is 0 Å². The molecule has 0 atom stereocenters. The Labute approximate surface area is 72.9 Å². The zero-order valence-electron chi connectivity index (χ0n) is 5.78. The third kappa shape index (κ3) is 1.60.